The number of aliphatic imine (C=N–C) groups is 1. The molecule has 6 nitrogen and oxygen atoms in total. The molecule has 0 aliphatic rings. The van der Waals surface area contributed by atoms with Gasteiger partial charge in [0.2, 0.25) is 0 Å². The molecule has 0 fully saturated rings. The molecule has 146 valence electrons. The van der Waals surface area contributed by atoms with Crippen LogP contribution < -0.4 is 10.1 Å². The van der Waals surface area contributed by atoms with Crippen LogP contribution in [0.5, 0.6) is 5.75 Å². The average molecular weight is 378 g/mol. The molecule has 0 aliphatic carbocycles. The third-order valence-corrected chi connectivity index (χ3v) is 3.77. The number of alkyl halides is 2. The topological polar surface area (TPSA) is 70.0 Å². The van der Waals surface area contributed by atoms with Crippen molar-refractivity contribution in [2.75, 3.05) is 20.1 Å². The van der Waals surface area contributed by atoms with Crippen molar-refractivity contribution in [2.24, 2.45) is 4.99 Å². The van der Waals surface area contributed by atoms with Gasteiger partial charge in [0.05, 0.1) is 12.6 Å². The first-order valence-electron chi connectivity index (χ1n) is 8.60. The van der Waals surface area contributed by atoms with E-state index in [0.29, 0.717) is 19.0 Å². The Morgan fingerprint density at radius 2 is 1.89 bits per heavy atom. The SMILES string of the molecule is CCNC(=NCC(O)c1ccncc1)N(C)Cc1ccc(OC(F)F)cc1. The monoisotopic (exact) mass is 378 g/mol. The summed E-state index contributed by atoms with van der Waals surface area (Å²) in [5, 5.41) is 13.4. The molecule has 8 heteroatoms. The molecule has 1 aromatic carbocycles. The van der Waals surface area contributed by atoms with E-state index in [4.69, 9.17) is 0 Å². The Bertz CT molecular complexity index is 711. The van der Waals surface area contributed by atoms with E-state index in [-0.39, 0.29) is 12.3 Å². The van der Waals surface area contributed by atoms with Crippen molar-refractivity contribution in [3.63, 3.8) is 0 Å². The molecule has 0 spiro atoms. The number of halogens is 2. The molecule has 1 heterocycles. The van der Waals surface area contributed by atoms with E-state index in [9.17, 15) is 13.9 Å². The summed E-state index contributed by atoms with van der Waals surface area (Å²) in [6.45, 7) is 0.525. The molecule has 0 radical (unpaired) electrons. The van der Waals surface area contributed by atoms with Crippen LogP contribution in [-0.4, -0.2) is 47.7 Å². The summed E-state index contributed by atoms with van der Waals surface area (Å²) in [7, 11) is 1.86. The number of hydrogen-bond donors (Lipinski definition) is 2. The van der Waals surface area contributed by atoms with Crippen LogP contribution in [0.4, 0.5) is 8.78 Å². The Morgan fingerprint density at radius 1 is 1.22 bits per heavy atom. The largest absolute Gasteiger partial charge is 0.435 e. The standard InChI is InChI=1S/C19H24F2N4O2/c1-3-23-19(24-12-17(26)15-8-10-22-11-9-15)25(2)13-14-4-6-16(7-5-14)27-18(20)21/h4-11,17-18,26H,3,12-13H2,1-2H3,(H,23,24). The van der Waals surface area contributed by atoms with Crippen molar-refractivity contribution >= 4 is 5.96 Å². The summed E-state index contributed by atoms with van der Waals surface area (Å²) < 4.78 is 28.8. The molecule has 1 unspecified atom stereocenters. The maximum atomic E-state index is 12.2. The highest BCUT2D eigenvalue weighted by atomic mass is 19.3. The normalized spacial score (nSPS) is 12.7. The van der Waals surface area contributed by atoms with Crippen molar-refractivity contribution in [1.29, 1.82) is 0 Å². The van der Waals surface area contributed by atoms with E-state index >= 15 is 0 Å². The maximum absolute atomic E-state index is 12.2. The molecule has 0 saturated carbocycles. The first-order valence-corrected chi connectivity index (χ1v) is 8.60. The molecule has 1 aromatic heterocycles. The van der Waals surface area contributed by atoms with Gasteiger partial charge in [0.25, 0.3) is 0 Å². The second kappa shape index (κ2) is 10.4. The van der Waals surface area contributed by atoms with E-state index in [1.54, 1.807) is 36.7 Å². The van der Waals surface area contributed by atoms with Crippen LogP contribution in [0.15, 0.2) is 53.8 Å². The summed E-state index contributed by atoms with van der Waals surface area (Å²) in [6, 6.07) is 9.96. The van der Waals surface area contributed by atoms with Crippen LogP contribution in [-0.2, 0) is 6.54 Å². The summed E-state index contributed by atoms with van der Waals surface area (Å²) >= 11 is 0. The van der Waals surface area contributed by atoms with Crippen molar-refractivity contribution in [3.05, 3.63) is 59.9 Å². The number of nitrogens with one attached hydrogen (secondary N) is 1. The minimum absolute atomic E-state index is 0.123. The fraction of sp³-hybridized carbons (Fsp3) is 0.368. The van der Waals surface area contributed by atoms with Gasteiger partial charge in [0, 0.05) is 32.5 Å². The van der Waals surface area contributed by atoms with Crippen LogP contribution >= 0.6 is 0 Å². The van der Waals surface area contributed by atoms with Crippen LogP contribution in [0.25, 0.3) is 0 Å². The minimum atomic E-state index is -2.84. The van der Waals surface area contributed by atoms with Crippen molar-refractivity contribution in [2.45, 2.75) is 26.2 Å². The van der Waals surface area contributed by atoms with E-state index in [2.05, 4.69) is 20.0 Å². The van der Waals surface area contributed by atoms with Gasteiger partial charge in [-0.25, -0.2) is 0 Å². The number of aliphatic hydroxyl groups excluding tert-OH is 1. The van der Waals surface area contributed by atoms with Crippen LogP contribution in [0, 0.1) is 0 Å². The lowest BCUT2D eigenvalue weighted by Gasteiger charge is -2.23. The molecule has 0 saturated heterocycles. The number of ether oxygens (including phenoxy) is 1. The Kier molecular flexibility index (Phi) is 7.94. The Morgan fingerprint density at radius 3 is 2.48 bits per heavy atom. The zero-order chi connectivity index (χ0) is 19.6. The Hall–Kier alpha value is -2.74. The minimum Gasteiger partial charge on any atom is -0.435 e. The lowest BCUT2D eigenvalue weighted by Crippen LogP contribution is -2.38. The van der Waals surface area contributed by atoms with Gasteiger partial charge in [-0.1, -0.05) is 12.1 Å². The zero-order valence-electron chi connectivity index (χ0n) is 15.3. The fourth-order valence-electron chi connectivity index (χ4n) is 2.46. The number of aliphatic hydroxyl groups is 1. The Balaban J connectivity index is 2.00. The Labute approximate surface area is 157 Å². The molecule has 0 bridgehead atoms. The second-order valence-corrected chi connectivity index (χ2v) is 5.87. The molecule has 0 amide bonds. The van der Waals surface area contributed by atoms with Crippen LogP contribution in [0.2, 0.25) is 0 Å². The third-order valence-electron chi connectivity index (χ3n) is 3.77. The molecule has 2 aromatic rings. The summed E-state index contributed by atoms with van der Waals surface area (Å²) in [5.41, 5.74) is 1.67. The van der Waals surface area contributed by atoms with Gasteiger partial charge in [0.1, 0.15) is 5.75 Å². The predicted molar refractivity (Wildman–Crippen MR) is 99.7 cm³/mol. The molecule has 27 heavy (non-hydrogen) atoms. The van der Waals surface area contributed by atoms with Gasteiger partial charge >= 0.3 is 6.61 Å². The number of hydrogen-bond acceptors (Lipinski definition) is 4. The lowest BCUT2D eigenvalue weighted by atomic mass is 10.1. The van der Waals surface area contributed by atoms with Gasteiger partial charge in [-0.15, -0.1) is 0 Å². The van der Waals surface area contributed by atoms with E-state index in [1.165, 1.54) is 12.1 Å². The molecule has 1 atom stereocenters. The second-order valence-electron chi connectivity index (χ2n) is 5.87. The first kappa shape index (κ1) is 20.6. The maximum Gasteiger partial charge on any atom is 0.387 e. The van der Waals surface area contributed by atoms with E-state index in [0.717, 1.165) is 11.1 Å². The highest BCUT2D eigenvalue weighted by molar-refractivity contribution is 5.79. The number of aromatic nitrogens is 1. The number of nitrogens with zero attached hydrogens (tertiary/aromatic N) is 3. The number of guanidine groups is 1. The first-order chi connectivity index (χ1) is 13.0. The number of pyridine rings is 1. The van der Waals surface area contributed by atoms with Crippen molar-refractivity contribution in [3.8, 4) is 5.75 Å². The van der Waals surface area contributed by atoms with Gasteiger partial charge < -0.3 is 20.1 Å². The molecular formula is C19H24F2N4O2. The highest BCUT2D eigenvalue weighted by Crippen LogP contribution is 2.16. The quantitative estimate of drug-likeness (QED) is 0.546. The zero-order valence-corrected chi connectivity index (χ0v) is 15.3. The van der Waals surface area contributed by atoms with Gasteiger partial charge in [-0.2, -0.15) is 8.78 Å². The average Bonchev–Trinajstić information content (AvgIpc) is 2.66. The third kappa shape index (κ3) is 6.82. The summed E-state index contributed by atoms with van der Waals surface area (Å²) in [4.78, 5) is 10.3. The van der Waals surface area contributed by atoms with Crippen LogP contribution in [0.1, 0.15) is 24.2 Å². The molecular weight excluding hydrogens is 354 g/mol. The number of benzene rings is 1. The van der Waals surface area contributed by atoms with E-state index in [1.807, 2.05) is 18.9 Å². The highest BCUT2D eigenvalue weighted by Gasteiger charge is 2.11. The van der Waals surface area contributed by atoms with Crippen LogP contribution in [0.3, 0.4) is 0 Å². The van der Waals surface area contributed by atoms with Crippen molar-refractivity contribution < 1.29 is 18.6 Å². The summed E-state index contributed by atoms with van der Waals surface area (Å²) in [5.74, 6) is 0.760. The number of rotatable bonds is 8. The van der Waals surface area contributed by atoms with Gasteiger partial charge in [-0.05, 0) is 42.3 Å². The molecule has 2 rings (SSSR count). The van der Waals surface area contributed by atoms with Gasteiger partial charge in [0.15, 0.2) is 5.96 Å². The molecule has 2 N–H and O–H groups in total. The lowest BCUT2D eigenvalue weighted by molar-refractivity contribution is -0.0498. The predicted octanol–water partition coefficient (Wildman–Crippen LogP) is 2.81. The van der Waals surface area contributed by atoms with Gasteiger partial charge in [-0.3, -0.25) is 9.98 Å². The fourth-order valence-corrected chi connectivity index (χ4v) is 2.46. The smallest absolute Gasteiger partial charge is 0.387 e. The molecule has 0 aliphatic heterocycles. The van der Waals surface area contributed by atoms with Crippen molar-refractivity contribution in [1.82, 2.24) is 15.2 Å². The summed E-state index contributed by atoms with van der Waals surface area (Å²) in [6.07, 6.45) is 2.53. The van der Waals surface area contributed by atoms with E-state index < -0.39 is 12.7 Å².